The van der Waals surface area contributed by atoms with Crippen LogP contribution in [0, 0.1) is 11.3 Å². The molecular formula is C18H16N2. The molecule has 3 aromatic rings. The molecule has 0 spiro atoms. The minimum atomic E-state index is 0.722. The van der Waals surface area contributed by atoms with Crippen LogP contribution in [0.4, 0.5) is 0 Å². The standard InChI is InChI=1S/C18H16N2/c19-14-16-8-9-18-17(13-16)10-12-20(18)11-4-7-15-5-2-1-3-6-15/h1-3,5-6,8-10,12-13H,4,7,11H2. The molecule has 0 aliphatic carbocycles. The zero-order chi connectivity index (χ0) is 13.8. The van der Waals surface area contributed by atoms with Gasteiger partial charge >= 0.3 is 0 Å². The van der Waals surface area contributed by atoms with Crippen LogP contribution in [-0.2, 0) is 13.0 Å². The fourth-order valence-corrected chi connectivity index (χ4v) is 2.56. The zero-order valence-corrected chi connectivity index (χ0v) is 11.3. The van der Waals surface area contributed by atoms with Crippen molar-refractivity contribution in [2.45, 2.75) is 19.4 Å². The summed E-state index contributed by atoms with van der Waals surface area (Å²) in [6, 6.07) is 20.7. The SMILES string of the molecule is N#Cc1ccc2c(ccn2CCCc2ccccc2)c1. The molecule has 2 aromatic carbocycles. The lowest BCUT2D eigenvalue weighted by Crippen LogP contribution is -1.98. The van der Waals surface area contributed by atoms with Crippen molar-refractivity contribution < 1.29 is 0 Å². The predicted octanol–water partition coefficient (Wildman–Crippen LogP) is 4.15. The molecule has 0 bridgehead atoms. The Hall–Kier alpha value is -2.53. The van der Waals surface area contributed by atoms with Crippen molar-refractivity contribution in [3.63, 3.8) is 0 Å². The molecule has 0 amide bonds. The van der Waals surface area contributed by atoms with E-state index in [2.05, 4.69) is 53.2 Å². The van der Waals surface area contributed by atoms with Gasteiger partial charge in [0, 0.05) is 23.6 Å². The first-order valence-electron chi connectivity index (χ1n) is 6.90. The molecule has 2 nitrogen and oxygen atoms in total. The molecule has 0 N–H and O–H groups in total. The quantitative estimate of drug-likeness (QED) is 0.693. The lowest BCUT2D eigenvalue weighted by atomic mass is 10.1. The van der Waals surface area contributed by atoms with Crippen LogP contribution in [0.15, 0.2) is 60.8 Å². The monoisotopic (exact) mass is 260 g/mol. The summed E-state index contributed by atoms with van der Waals surface area (Å²) < 4.78 is 2.26. The zero-order valence-electron chi connectivity index (χ0n) is 11.3. The van der Waals surface area contributed by atoms with E-state index in [1.165, 1.54) is 11.1 Å². The summed E-state index contributed by atoms with van der Waals surface area (Å²) >= 11 is 0. The molecular weight excluding hydrogens is 244 g/mol. The maximum atomic E-state index is 8.91. The average molecular weight is 260 g/mol. The van der Waals surface area contributed by atoms with Gasteiger partial charge in [-0.1, -0.05) is 30.3 Å². The van der Waals surface area contributed by atoms with Crippen molar-refractivity contribution in [1.29, 1.82) is 5.26 Å². The Morgan fingerprint density at radius 3 is 2.65 bits per heavy atom. The number of rotatable bonds is 4. The van der Waals surface area contributed by atoms with Gasteiger partial charge in [-0.2, -0.15) is 5.26 Å². The third-order valence-corrected chi connectivity index (χ3v) is 3.61. The minimum Gasteiger partial charge on any atom is -0.347 e. The van der Waals surface area contributed by atoms with Gasteiger partial charge in [0.1, 0.15) is 0 Å². The highest BCUT2D eigenvalue weighted by atomic mass is 14.9. The van der Waals surface area contributed by atoms with E-state index in [1.807, 2.05) is 18.2 Å². The van der Waals surface area contributed by atoms with Gasteiger partial charge in [-0.3, -0.25) is 0 Å². The summed E-state index contributed by atoms with van der Waals surface area (Å²) in [4.78, 5) is 0. The van der Waals surface area contributed by atoms with E-state index in [-0.39, 0.29) is 0 Å². The van der Waals surface area contributed by atoms with Crippen LogP contribution >= 0.6 is 0 Å². The number of aromatic nitrogens is 1. The number of fused-ring (bicyclic) bond motifs is 1. The van der Waals surface area contributed by atoms with Crippen LogP contribution in [0.1, 0.15) is 17.5 Å². The van der Waals surface area contributed by atoms with E-state index >= 15 is 0 Å². The Balaban J connectivity index is 1.71. The first-order valence-corrected chi connectivity index (χ1v) is 6.90. The van der Waals surface area contributed by atoms with Crippen LogP contribution in [0.3, 0.4) is 0 Å². The van der Waals surface area contributed by atoms with E-state index in [1.54, 1.807) is 0 Å². The molecule has 98 valence electrons. The maximum absolute atomic E-state index is 8.91. The van der Waals surface area contributed by atoms with Crippen molar-refractivity contribution in [2.75, 3.05) is 0 Å². The second kappa shape index (κ2) is 5.63. The molecule has 1 aromatic heterocycles. The first kappa shape index (κ1) is 12.5. The van der Waals surface area contributed by atoms with Crippen LogP contribution in [-0.4, -0.2) is 4.57 Å². The number of hydrogen-bond donors (Lipinski definition) is 0. The highest BCUT2D eigenvalue weighted by Gasteiger charge is 2.02. The molecule has 3 rings (SSSR count). The molecule has 0 atom stereocenters. The predicted molar refractivity (Wildman–Crippen MR) is 81.4 cm³/mol. The molecule has 0 aliphatic rings. The van der Waals surface area contributed by atoms with Crippen LogP contribution < -0.4 is 0 Å². The smallest absolute Gasteiger partial charge is 0.0991 e. The number of aryl methyl sites for hydroxylation is 2. The summed E-state index contributed by atoms with van der Waals surface area (Å²) in [6.45, 7) is 1.00. The van der Waals surface area contributed by atoms with Gasteiger partial charge in [-0.25, -0.2) is 0 Å². The van der Waals surface area contributed by atoms with Gasteiger partial charge in [0.15, 0.2) is 0 Å². The summed E-state index contributed by atoms with van der Waals surface area (Å²) in [5, 5.41) is 10.1. The average Bonchev–Trinajstić information content (AvgIpc) is 2.91. The Kier molecular flexibility index (Phi) is 3.52. The summed E-state index contributed by atoms with van der Waals surface area (Å²) in [7, 11) is 0. The third-order valence-electron chi connectivity index (χ3n) is 3.61. The van der Waals surface area contributed by atoms with Crippen molar-refractivity contribution >= 4 is 10.9 Å². The topological polar surface area (TPSA) is 28.7 Å². The Labute approximate surface area is 118 Å². The Morgan fingerprint density at radius 1 is 1.00 bits per heavy atom. The fourth-order valence-electron chi connectivity index (χ4n) is 2.56. The highest BCUT2D eigenvalue weighted by Crippen LogP contribution is 2.18. The molecule has 0 saturated heterocycles. The van der Waals surface area contributed by atoms with Gasteiger partial charge in [0.2, 0.25) is 0 Å². The van der Waals surface area contributed by atoms with Crippen LogP contribution in [0.2, 0.25) is 0 Å². The van der Waals surface area contributed by atoms with Gasteiger partial charge < -0.3 is 4.57 Å². The van der Waals surface area contributed by atoms with Gasteiger partial charge in [-0.15, -0.1) is 0 Å². The molecule has 0 unspecified atom stereocenters. The van der Waals surface area contributed by atoms with E-state index in [0.29, 0.717) is 0 Å². The second-order valence-corrected chi connectivity index (χ2v) is 4.98. The van der Waals surface area contributed by atoms with Gasteiger partial charge in [0.25, 0.3) is 0 Å². The highest BCUT2D eigenvalue weighted by molar-refractivity contribution is 5.81. The van der Waals surface area contributed by atoms with Crippen LogP contribution in [0.5, 0.6) is 0 Å². The lowest BCUT2D eigenvalue weighted by molar-refractivity contribution is 0.662. The summed E-state index contributed by atoms with van der Waals surface area (Å²) in [6.07, 6.45) is 4.32. The largest absolute Gasteiger partial charge is 0.347 e. The molecule has 0 radical (unpaired) electrons. The van der Waals surface area contributed by atoms with E-state index < -0.39 is 0 Å². The molecule has 1 heterocycles. The molecule has 0 saturated carbocycles. The van der Waals surface area contributed by atoms with Crippen molar-refractivity contribution in [2.24, 2.45) is 0 Å². The Morgan fingerprint density at radius 2 is 1.85 bits per heavy atom. The second-order valence-electron chi connectivity index (χ2n) is 4.98. The third kappa shape index (κ3) is 2.57. The first-order chi connectivity index (χ1) is 9.86. The number of hydrogen-bond acceptors (Lipinski definition) is 1. The van der Waals surface area contributed by atoms with Crippen LogP contribution in [0.25, 0.3) is 10.9 Å². The lowest BCUT2D eigenvalue weighted by Gasteiger charge is -2.06. The number of nitrogens with zero attached hydrogens (tertiary/aromatic N) is 2. The summed E-state index contributed by atoms with van der Waals surface area (Å²) in [5.74, 6) is 0. The summed E-state index contributed by atoms with van der Waals surface area (Å²) in [5.41, 5.74) is 3.31. The van der Waals surface area contributed by atoms with E-state index in [4.69, 9.17) is 5.26 Å². The molecule has 20 heavy (non-hydrogen) atoms. The number of benzene rings is 2. The molecule has 2 heteroatoms. The van der Waals surface area contributed by atoms with Crippen molar-refractivity contribution in [1.82, 2.24) is 4.57 Å². The van der Waals surface area contributed by atoms with Crippen molar-refractivity contribution in [3.05, 3.63) is 71.9 Å². The molecule has 0 aliphatic heterocycles. The van der Waals surface area contributed by atoms with Gasteiger partial charge in [-0.05, 0) is 42.7 Å². The fraction of sp³-hybridized carbons (Fsp3) is 0.167. The van der Waals surface area contributed by atoms with E-state index in [0.717, 1.165) is 30.3 Å². The Bertz CT molecular complexity index is 748. The van der Waals surface area contributed by atoms with E-state index in [9.17, 15) is 0 Å². The maximum Gasteiger partial charge on any atom is 0.0991 e. The number of nitriles is 1. The van der Waals surface area contributed by atoms with Gasteiger partial charge in [0.05, 0.1) is 11.6 Å². The minimum absolute atomic E-state index is 0.722. The normalized spacial score (nSPS) is 10.6. The molecule has 0 fully saturated rings. The van der Waals surface area contributed by atoms with Crippen molar-refractivity contribution in [3.8, 4) is 6.07 Å².